The number of hydrogen-bond acceptors (Lipinski definition) is 7. The summed E-state index contributed by atoms with van der Waals surface area (Å²) in [7, 11) is 0. The van der Waals surface area contributed by atoms with Crippen molar-refractivity contribution in [2.24, 2.45) is 11.7 Å². The lowest BCUT2D eigenvalue weighted by molar-refractivity contribution is -0.142. The molecule has 1 aliphatic rings. The predicted molar refractivity (Wildman–Crippen MR) is 114 cm³/mol. The normalized spacial score (nSPS) is 14.8. The van der Waals surface area contributed by atoms with Crippen molar-refractivity contribution in [1.29, 1.82) is 0 Å². The first-order chi connectivity index (χ1) is 15.5. The third-order valence-corrected chi connectivity index (χ3v) is 4.68. The lowest BCUT2D eigenvalue weighted by atomic mass is 10.0. The summed E-state index contributed by atoms with van der Waals surface area (Å²) in [5, 5.41) is 16.6. The van der Waals surface area contributed by atoms with Crippen LogP contribution in [0.4, 0.5) is 4.79 Å². The maximum atomic E-state index is 12.6. The van der Waals surface area contributed by atoms with E-state index in [1.165, 1.54) is 12.2 Å². The summed E-state index contributed by atoms with van der Waals surface area (Å²) in [4.78, 5) is 70.8. The monoisotopic (exact) mass is 469 g/mol. The van der Waals surface area contributed by atoms with Crippen LogP contribution >= 0.6 is 0 Å². The van der Waals surface area contributed by atoms with Crippen molar-refractivity contribution in [2.45, 2.75) is 45.2 Å². The standard InChI is InChI=1S/C20H31N5O8/c1-12(2)17(18(29)23-13(19(30)31)4-3-8-22-20(21)32)24-14(26)7-10-33-11-9-25-15(27)5-6-16(25)28/h5-6,12-13,17H,3-4,7-11H2,1-2H3,(H,23,29)(H,24,26)(H,30,31)(H3,21,22,32)/t13-,17?/m0/s1. The Labute approximate surface area is 191 Å². The largest absolute Gasteiger partial charge is 0.480 e. The fourth-order valence-electron chi connectivity index (χ4n) is 2.89. The molecular weight excluding hydrogens is 438 g/mol. The van der Waals surface area contributed by atoms with Gasteiger partial charge in [-0.05, 0) is 18.8 Å². The van der Waals surface area contributed by atoms with Crippen LogP contribution in [0.5, 0.6) is 0 Å². The Kier molecular flexibility index (Phi) is 11.5. The minimum atomic E-state index is -1.24. The molecule has 6 N–H and O–H groups in total. The molecule has 0 aromatic carbocycles. The van der Waals surface area contributed by atoms with Gasteiger partial charge in [0, 0.05) is 25.1 Å². The number of rotatable bonds is 15. The molecule has 0 aromatic rings. The van der Waals surface area contributed by atoms with Gasteiger partial charge in [0.1, 0.15) is 12.1 Å². The van der Waals surface area contributed by atoms with Gasteiger partial charge < -0.3 is 31.5 Å². The van der Waals surface area contributed by atoms with Crippen LogP contribution in [-0.4, -0.2) is 84.0 Å². The molecule has 13 nitrogen and oxygen atoms in total. The molecule has 0 saturated heterocycles. The molecule has 1 heterocycles. The van der Waals surface area contributed by atoms with Crippen molar-refractivity contribution in [1.82, 2.24) is 20.9 Å². The molecule has 1 rings (SSSR count). The number of nitrogens with zero attached hydrogens (tertiary/aromatic N) is 1. The summed E-state index contributed by atoms with van der Waals surface area (Å²) in [5.41, 5.74) is 4.94. The van der Waals surface area contributed by atoms with E-state index < -0.39 is 47.7 Å². The fraction of sp³-hybridized carbons (Fsp3) is 0.600. The molecule has 0 aliphatic carbocycles. The van der Waals surface area contributed by atoms with Crippen LogP contribution in [0.3, 0.4) is 0 Å². The number of hydrogen-bond donors (Lipinski definition) is 5. The van der Waals surface area contributed by atoms with E-state index in [4.69, 9.17) is 10.5 Å². The van der Waals surface area contributed by atoms with Crippen LogP contribution in [0.25, 0.3) is 0 Å². The zero-order valence-corrected chi connectivity index (χ0v) is 18.7. The number of imide groups is 1. The van der Waals surface area contributed by atoms with Crippen molar-refractivity contribution >= 4 is 35.6 Å². The SMILES string of the molecule is CC(C)C(NC(=O)CCOCCN1C(=O)C=CC1=O)C(=O)N[C@@H](CCCNC(N)=O)C(=O)O. The zero-order chi connectivity index (χ0) is 25.0. The zero-order valence-electron chi connectivity index (χ0n) is 18.7. The second kappa shape index (κ2) is 13.8. The van der Waals surface area contributed by atoms with Gasteiger partial charge in [-0.3, -0.25) is 24.1 Å². The van der Waals surface area contributed by atoms with Crippen molar-refractivity contribution in [2.75, 3.05) is 26.3 Å². The van der Waals surface area contributed by atoms with E-state index in [2.05, 4.69) is 16.0 Å². The highest BCUT2D eigenvalue weighted by Gasteiger charge is 2.28. The summed E-state index contributed by atoms with van der Waals surface area (Å²) < 4.78 is 5.28. The molecule has 33 heavy (non-hydrogen) atoms. The van der Waals surface area contributed by atoms with Gasteiger partial charge in [0.2, 0.25) is 11.8 Å². The summed E-state index contributed by atoms with van der Waals surface area (Å²) in [6.45, 7) is 3.69. The Balaban J connectivity index is 2.43. The summed E-state index contributed by atoms with van der Waals surface area (Å²) in [6.07, 6.45) is 2.60. The average molecular weight is 469 g/mol. The molecule has 0 spiro atoms. The minimum Gasteiger partial charge on any atom is -0.480 e. The van der Waals surface area contributed by atoms with Crippen molar-refractivity contribution in [3.05, 3.63) is 12.2 Å². The number of amides is 6. The average Bonchev–Trinajstić information content (AvgIpc) is 3.05. The van der Waals surface area contributed by atoms with E-state index in [1.807, 2.05) is 0 Å². The molecule has 0 saturated carbocycles. The maximum Gasteiger partial charge on any atom is 0.326 e. The van der Waals surface area contributed by atoms with Crippen LogP contribution < -0.4 is 21.7 Å². The van der Waals surface area contributed by atoms with Crippen molar-refractivity contribution < 1.29 is 38.6 Å². The lowest BCUT2D eigenvalue weighted by Crippen LogP contribution is -2.53. The van der Waals surface area contributed by atoms with Gasteiger partial charge in [-0.1, -0.05) is 13.8 Å². The second-order valence-electron chi connectivity index (χ2n) is 7.65. The summed E-state index contributed by atoms with van der Waals surface area (Å²) in [6, 6.07) is -2.89. The number of carboxylic acid groups (broad SMARTS) is 1. The minimum absolute atomic E-state index is 0.00648. The van der Waals surface area contributed by atoms with Gasteiger partial charge >= 0.3 is 12.0 Å². The first-order valence-corrected chi connectivity index (χ1v) is 10.5. The number of carbonyl (C=O) groups is 6. The van der Waals surface area contributed by atoms with Gasteiger partial charge in [-0.15, -0.1) is 0 Å². The highest BCUT2D eigenvalue weighted by molar-refractivity contribution is 6.12. The number of carbonyl (C=O) groups excluding carboxylic acids is 5. The molecule has 0 aromatic heterocycles. The van der Waals surface area contributed by atoms with Gasteiger partial charge in [0.25, 0.3) is 11.8 Å². The lowest BCUT2D eigenvalue weighted by Gasteiger charge is -2.24. The van der Waals surface area contributed by atoms with Crippen molar-refractivity contribution in [3.8, 4) is 0 Å². The van der Waals surface area contributed by atoms with Crippen LogP contribution in [0.1, 0.15) is 33.1 Å². The number of ether oxygens (including phenoxy) is 1. The van der Waals surface area contributed by atoms with Gasteiger partial charge in [0.15, 0.2) is 0 Å². The maximum absolute atomic E-state index is 12.6. The smallest absolute Gasteiger partial charge is 0.326 e. The Morgan fingerprint density at radius 2 is 1.73 bits per heavy atom. The number of primary amides is 1. The molecule has 6 amide bonds. The highest BCUT2D eigenvalue weighted by Crippen LogP contribution is 2.06. The van der Waals surface area contributed by atoms with Gasteiger partial charge in [-0.2, -0.15) is 0 Å². The molecule has 13 heteroatoms. The third-order valence-electron chi connectivity index (χ3n) is 4.68. The number of urea groups is 1. The molecule has 1 aliphatic heterocycles. The molecule has 184 valence electrons. The first kappa shape index (κ1) is 27.6. The number of aliphatic carboxylic acids is 1. The van der Waals surface area contributed by atoms with Crippen molar-refractivity contribution in [3.63, 3.8) is 0 Å². The van der Waals surface area contributed by atoms with E-state index in [0.29, 0.717) is 0 Å². The molecule has 0 bridgehead atoms. The number of nitrogens with one attached hydrogen (secondary N) is 3. The molecular formula is C20H31N5O8. The Bertz CT molecular complexity index is 764. The second-order valence-corrected chi connectivity index (χ2v) is 7.65. The van der Waals surface area contributed by atoms with Crippen LogP contribution in [-0.2, 0) is 28.7 Å². The predicted octanol–water partition coefficient (Wildman–Crippen LogP) is -1.52. The number of carboxylic acids is 1. The van der Waals surface area contributed by atoms with E-state index in [9.17, 15) is 33.9 Å². The highest BCUT2D eigenvalue weighted by atomic mass is 16.5. The van der Waals surface area contributed by atoms with Crippen LogP contribution in [0, 0.1) is 5.92 Å². The van der Waals surface area contributed by atoms with Crippen LogP contribution in [0.15, 0.2) is 12.2 Å². The Hall–Kier alpha value is -3.48. The molecule has 0 fully saturated rings. The quantitative estimate of drug-likeness (QED) is 0.141. The topological polar surface area (TPSA) is 197 Å². The third kappa shape index (κ3) is 10.1. The van der Waals surface area contributed by atoms with Gasteiger partial charge in [0.05, 0.1) is 19.8 Å². The molecule has 0 radical (unpaired) electrons. The fourth-order valence-corrected chi connectivity index (χ4v) is 2.89. The number of nitrogens with two attached hydrogens (primary N) is 1. The van der Waals surface area contributed by atoms with Gasteiger partial charge in [-0.25, -0.2) is 9.59 Å². The summed E-state index contributed by atoms with van der Waals surface area (Å²) in [5.74, 6) is -3.52. The first-order valence-electron chi connectivity index (χ1n) is 10.5. The Morgan fingerprint density at radius 1 is 1.09 bits per heavy atom. The van der Waals surface area contributed by atoms with E-state index >= 15 is 0 Å². The molecule has 1 unspecified atom stereocenters. The van der Waals surface area contributed by atoms with E-state index in [0.717, 1.165) is 4.90 Å². The van der Waals surface area contributed by atoms with Crippen LogP contribution in [0.2, 0.25) is 0 Å². The summed E-state index contributed by atoms with van der Waals surface area (Å²) >= 11 is 0. The Morgan fingerprint density at radius 3 is 2.27 bits per heavy atom. The van der Waals surface area contributed by atoms with E-state index in [-0.39, 0.29) is 51.5 Å². The van der Waals surface area contributed by atoms with E-state index in [1.54, 1.807) is 13.8 Å². The molecule has 2 atom stereocenters.